The summed E-state index contributed by atoms with van der Waals surface area (Å²) in [7, 11) is 0. The average molecular weight is 286 g/mol. The molecule has 0 radical (unpaired) electrons. The number of hydrogen-bond acceptors (Lipinski definition) is 2. The molecule has 0 saturated carbocycles. The molecule has 0 spiro atoms. The van der Waals surface area contributed by atoms with Crippen LogP contribution in [-0.4, -0.2) is 4.98 Å². The van der Waals surface area contributed by atoms with Crippen LogP contribution in [0.1, 0.15) is 0 Å². The SMILES string of the molecule is Fc1ccc(Oc2cccc(F)n2)c(Br)c1. The molecule has 0 bridgehead atoms. The first kappa shape index (κ1) is 11.0. The normalized spacial score (nSPS) is 10.2. The lowest BCUT2D eigenvalue weighted by Gasteiger charge is -2.06. The Morgan fingerprint density at radius 2 is 1.94 bits per heavy atom. The van der Waals surface area contributed by atoms with Gasteiger partial charge < -0.3 is 4.74 Å². The van der Waals surface area contributed by atoms with Gasteiger partial charge in [-0.05, 0) is 40.2 Å². The van der Waals surface area contributed by atoms with Crippen molar-refractivity contribution >= 4 is 15.9 Å². The molecule has 1 aromatic carbocycles. The van der Waals surface area contributed by atoms with Crippen LogP contribution in [-0.2, 0) is 0 Å². The molecular weight excluding hydrogens is 280 g/mol. The van der Waals surface area contributed by atoms with Crippen LogP contribution in [0.4, 0.5) is 8.78 Å². The molecule has 2 nitrogen and oxygen atoms in total. The van der Waals surface area contributed by atoms with Gasteiger partial charge in [-0.25, -0.2) is 4.39 Å². The highest BCUT2D eigenvalue weighted by Gasteiger charge is 2.05. The standard InChI is InChI=1S/C11H6BrF2NO/c12-8-6-7(13)4-5-9(8)16-11-3-1-2-10(14)15-11/h1-6H. The fourth-order valence-corrected chi connectivity index (χ4v) is 1.55. The van der Waals surface area contributed by atoms with Crippen LogP contribution in [0.15, 0.2) is 40.9 Å². The van der Waals surface area contributed by atoms with E-state index in [1.165, 1.54) is 36.4 Å². The second kappa shape index (κ2) is 4.57. The Balaban J connectivity index is 2.27. The molecule has 0 atom stereocenters. The number of hydrogen-bond donors (Lipinski definition) is 0. The maximum atomic E-state index is 12.8. The molecule has 0 aliphatic heterocycles. The zero-order valence-corrected chi connectivity index (χ0v) is 9.54. The Labute approximate surface area is 99.0 Å². The molecule has 0 aliphatic rings. The third-order valence-corrected chi connectivity index (χ3v) is 2.42. The van der Waals surface area contributed by atoms with Crippen LogP contribution in [0.3, 0.4) is 0 Å². The van der Waals surface area contributed by atoms with Crippen molar-refractivity contribution in [1.82, 2.24) is 4.98 Å². The van der Waals surface area contributed by atoms with E-state index in [-0.39, 0.29) is 11.7 Å². The minimum atomic E-state index is -0.629. The molecule has 82 valence electrons. The lowest BCUT2D eigenvalue weighted by atomic mass is 10.3. The van der Waals surface area contributed by atoms with E-state index in [2.05, 4.69) is 20.9 Å². The number of aromatic nitrogens is 1. The third-order valence-electron chi connectivity index (χ3n) is 1.80. The molecule has 0 amide bonds. The molecule has 0 aliphatic carbocycles. The van der Waals surface area contributed by atoms with Gasteiger partial charge in [-0.2, -0.15) is 9.37 Å². The molecule has 5 heteroatoms. The molecule has 0 fully saturated rings. The van der Waals surface area contributed by atoms with Gasteiger partial charge in [0, 0.05) is 6.07 Å². The lowest BCUT2D eigenvalue weighted by Crippen LogP contribution is -1.91. The molecule has 2 rings (SSSR count). The van der Waals surface area contributed by atoms with Crippen LogP contribution in [0.25, 0.3) is 0 Å². The first-order chi connectivity index (χ1) is 7.65. The maximum Gasteiger partial charge on any atom is 0.221 e. The quantitative estimate of drug-likeness (QED) is 0.781. The summed E-state index contributed by atoms with van der Waals surface area (Å²) >= 11 is 3.14. The smallest absolute Gasteiger partial charge is 0.221 e. The Morgan fingerprint density at radius 3 is 2.62 bits per heavy atom. The second-order valence-corrected chi connectivity index (χ2v) is 3.83. The van der Waals surface area contributed by atoms with E-state index in [9.17, 15) is 8.78 Å². The monoisotopic (exact) mass is 285 g/mol. The predicted molar refractivity (Wildman–Crippen MR) is 58.4 cm³/mol. The Hall–Kier alpha value is -1.49. The molecule has 1 heterocycles. The highest BCUT2D eigenvalue weighted by molar-refractivity contribution is 9.10. The number of halogens is 3. The second-order valence-electron chi connectivity index (χ2n) is 2.98. The van der Waals surface area contributed by atoms with Crippen LogP contribution in [0, 0.1) is 11.8 Å². The maximum absolute atomic E-state index is 12.8. The summed E-state index contributed by atoms with van der Waals surface area (Å²) < 4.78 is 31.3. The minimum absolute atomic E-state index is 0.118. The first-order valence-electron chi connectivity index (χ1n) is 4.40. The molecular formula is C11H6BrF2NO. The molecule has 2 aromatic rings. The van der Waals surface area contributed by atoms with Crippen molar-refractivity contribution in [3.8, 4) is 11.6 Å². The molecule has 1 aromatic heterocycles. The van der Waals surface area contributed by atoms with Gasteiger partial charge in [0.1, 0.15) is 11.6 Å². The fourth-order valence-electron chi connectivity index (χ4n) is 1.12. The average Bonchev–Trinajstić information content (AvgIpc) is 2.22. The summed E-state index contributed by atoms with van der Waals surface area (Å²) in [4.78, 5) is 3.53. The van der Waals surface area contributed by atoms with Gasteiger partial charge in [-0.15, -0.1) is 0 Å². The number of nitrogens with zero attached hydrogens (tertiary/aromatic N) is 1. The number of rotatable bonds is 2. The van der Waals surface area contributed by atoms with Crippen molar-refractivity contribution in [2.24, 2.45) is 0 Å². The third kappa shape index (κ3) is 2.55. The van der Waals surface area contributed by atoms with Crippen LogP contribution >= 0.6 is 15.9 Å². The Bertz CT molecular complexity index is 519. The number of benzene rings is 1. The zero-order valence-electron chi connectivity index (χ0n) is 7.95. The van der Waals surface area contributed by atoms with E-state index in [1.54, 1.807) is 0 Å². The van der Waals surface area contributed by atoms with Crippen molar-refractivity contribution in [2.75, 3.05) is 0 Å². The van der Waals surface area contributed by atoms with Crippen molar-refractivity contribution in [3.05, 3.63) is 52.6 Å². The number of pyridine rings is 1. The molecule has 0 unspecified atom stereocenters. The van der Waals surface area contributed by atoms with Gasteiger partial charge >= 0.3 is 0 Å². The topological polar surface area (TPSA) is 22.1 Å². The summed E-state index contributed by atoms with van der Waals surface area (Å²) in [6.45, 7) is 0. The van der Waals surface area contributed by atoms with Crippen LogP contribution in [0.5, 0.6) is 11.6 Å². The van der Waals surface area contributed by atoms with E-state index < -0.39 is 5.95 Å². The zero-order chi connectivity index (χ0) is 11.5. The summed E-state index contributed by atoms with van der Waals surface area (Å²) in [5, 5.41) is 0. The van der Waals surface area contributed by atoms with Gasteiger partial charge in [-0.3, -0.25) is 0 Å². The summed E-state index contributed by atoms with van der Waals surface area (Å²) in [6.07, 6.45) is 0. The van der Waals surface area contributed by atoms with Gasteiger partial charge in [-0.1, -0.05) is 6.07 Å². The fraction of sp³-hybridized carbons (Fsp3) is 0. The van der Waals surface area contributed by atoms with Crippen molar-refractivity contribution in [3.63, 3.8) is 0 Å². The van der Waals surface area contributed by atoms with E-state index >= 15 is 0 Å². The Morgan fingerprint density at radius 1 is 1.12 bits per heavy atom. The van der Waals surface area contributed by atoms with Crippen molar-refractivity contribution in [2.45, 2.75) is 0 Å². The van der Waals surface area contributed by atoms with E-state index in [4.69, 9.17) is 4.74 Å². The highest BCUT2D eigenvalue weighted by Crippen LogP contribution is 2.29. The van der Waals surface area contributed by atoms with E-state index in [0.29, 0.717) is 10.2 Å². The molecule has 0 N–H and O–H groups in total. The van der Waals surface area contributed by atoms with Crippen LogP contribution in [0.2, 0.25) is 0 Å². The van der Waals surface area contributed by atoms with Gasteiger partial charge in [0.05, 0.1) is 4.47 Å². The van der Waals surface area contributed by atoms with Crippen LogP contribution < -0.4 is 4.74 Å². The Kier molecular flexibility index (Phi) is 3.14. The lowest BCUT2D eigenvalue weighted by molar-refractivity contribution is 0.441. The van der Waals surface area contributed by atoms with E-state index in [1.807, 2.05) is 0 Å². The van der Waals surface area contributed by atoms with Gasteiger partial charge in [0.15, 0.2) is 0 Å². The summed E-state index contributed by atoms with van der Waals surface area (Å²) in [6, 6.07) is 8.15. The first-order valence-corrected chi connectivity index (χ1v) is 5.20. The van der Waals surface area contributed by atoms with E-state index in [0.717, 1.165) is 0 Å². The largest absolute Gasteiger partial charge is 0.438 e. The van der Waals surface area contributed by atoms with Gasteiger partial charge in [0.2, 0.25) is 11.8 Å². The number of ether oxygens (including phenoxy) is 1. The summed E-state index contributed by atoms with van der Waals surface area (Å²) in [5.74, 6) is -0.519. The highest BCUT2D eigenvalue weighted by atomic mass is 79.9. The predicted octanol–water partition coefficient (Wildman–Crippen LogP) is 3.91. The van der Waals surface area contributed by atoms with Crippen molar-refractivity contribution in [1.29, 1.82) is 0 Å². The van der Waals surface area contributed by atoms with Gasteiger partial charge in [0.25, 0.3) is 0 Å². The van der Waals surface area contributed by atoms with Crippen molar-refractivity contribution < 1.29 is 13.5 Å². The molecule has 16 heavy (non-hydrogen) atoms. The molecule has 0 saturated heterocycles. The summed E-state index contributed by atoms with van der Waals surface area (Å²) in [5.41, 5.74) is 0. The minimum Gasteiger partial charge on any atom is -0.438 e.